The Kier molecular flexibility index (Phi) is 8.15. The van der Waals surface area contributed by atoms with Gasteiger partial charge in [0.05, 0.1) is 25.2 Å². The maximum atomic E-state index is 12.2. The number of anilines is 2. The first-order valence-corrected chi connectivity index (χ1v) is 11.6. The Bertz CT molecular complexity index is 966. The molecule has 2 aromatic rings. The highest BCUT2D eigenvalue weighted by Crippen LogP contribution is 2.34. The quantitative estimate of drug-likeness (QED) is 0.498. The van der Waals surface area contributed by atoms with E-state index in [9.17, 15) is 13.2 Å². The third kappa shape index (κ3) is 7.47. The van der Waals surface area contributed by atoms with Crippen molar-refractivity contribution in [3.8, 4) is 11.5 Å². The lowest BCUT2D eigenvalue weighted by Gasteiger charge is -2.17. The van der Waals surface area contributed by atoms with Crippen LogP contribution in [-0.2, 0) is 16.6 Å². The summed E-state index contributed by atoms with van der Waals surface area (Å²) in [6, 6.07) is 10.0. The van der Waals surface area contributed by atoms with E-state index in [0.29, 0.717) is 36.0 Å². The molecule has 0 atom stereocenters. The molecule has 0 bridgehead atoms. The van der Waals surface area contributed by atoms with Crippen LogP contribution in [0.5, 0.6) is 11.5 Å². The van der Waals surface area contributed by atoms with Crippen molar-refractivity contribution in [1.82, 2.24) is 5.32 Å². The number of rotatable bonds is 9. The Labute approximate surface area is 179 Å². The number of nitrogens with one attached hydrogen (secondary N) is 3. The number of carbonyl (C=O) groups excluding carboxylic acids is 1. The van der Waals surface area contributed by atoms with Crippen LogP contribution in [0.1, 0.15) is 19.4 Å². The van der Waals surface area contributed by atoms with Crippen molar-refractivity contribution in [2.24, 2.45) is 0 Å². The van der Waals surface area contributed by atoms with E-state index in [1.807, 2.05) is 19.1 Å². The zero-order valence-corrected chi connectivity index (χ0v) is 18.8. The van der Waals surface area contributed by atoms with Crippen molar-refractivity contribution in [3.05, 3.63) is 46.4 Å². The summed E-state index contributed by atoms with van der Waals surface area (Å²) >= 11 is 3.35. The number of urea groups is 1. The number of benzene rings is 2. The van der Waals surface area contributed by atoms with Gasteiger partial charge in [0, 0.05) is 28.3 Å². The van der Waals surface area contributed by atoms with Crippen LogP contribution in [0.4, 0.5) is 16.2 Å². The maximum Gasteiger partial charge on any atom is 0.319 e. The molecule has 0 fully saturated rings. The number of hydrogen-bond acceptors (Lipinski definition) is 5. The summed E-state index contributed by atoms with van der Waals surface area (Å²) in [5.41, 5.74) is 1.57. The predicted molar refractivity (Wildman–Crippen MR) is 117 cm³/mol. The van der Waals surface area contributed by atoms with E-state index in [0.717, 1.165) is 10.7 Å². The Morgan fingerprint density at radius 2 is 1.76 bits per heavy atom. The van der Waals surface area contributed by atoms with Crippen LogP contribution >= 0.6 is 15.9 Å². The smallest absolute Gasteiger partial charge is 0.319 e. The number of amides is 2. The molecule has 2 aromatic carbocycles. The van der Waals surface area contributed by atoms with Crippen molar-refractivity contribution in [1.29, 1.82) is 0 Å². The molecule has 0 aliphatic heterocycles. The number of carbonyl (C=O) groups is 1. The molecule has 0 saturated heterocycles. The van der Waals surface area contributed by atoms with Crippen LogP contribution in [0, 0.1) is 0 Å². The van der Waals surface area contributed by atoms with Gasteiger partial charge in [-0.1, -0.05) is 22.0 Å². The molecule has 8 nitrogen and oxygen atoms in total. The molecule has 0 radical (unpaired) electrons. The summed E-state index contributed by atoms with van der Waals surface area (Å²) < 4.78 is 37.8. The van der Waals surface area contributed by atoms with Crippen LogP contribution in [0.15, 0.2) is 40.9 Å². The van der Waals surface area contributed by atoms with E-state index in [2.05, 4.69) is 31.3 Å². The lowest BCUT2D eigenvalue weighted by Crippen LogP contribution is -2.28. The summed E-state index contributed by atoms with van der Waals surface area (Å²) in [4.78, 5) is 12.2. The van der Waals surface area contributed by atoms with Crippen LogP contribution in [0.2, 0.25) is 0 Å². The molecule has 0 spiro atoms. The lowest BCUT2D eigenvalue weighted by molar-refractivity contribution is 0.251. The Morgan fingerprint density at radius 1 is 1.07 bits per heavy atom. The highest BCUT2D eigenvalue weighted by molar-refractivity contribution is 9.10. The van der Waals surface area contributed by atoms with E-state index in [1.165, 1.54) is 0 Å². The van der Waals surface area contributed by atoms with Crippen molar-refractivity contribution in [3.63, 3.8) is 0 Å². The molecule has 2 rings (SSSR count). The average Bonchev–Trinajstić information content (AvgIpc) is 2.62. The molecule has 0 heterocycles. The largest absolute Gasteiger partial charge is 0.493 e. The molecule has 0 aromatic heterocycles. The molecule has 0 saturated carbocycles. The summed E-state index contributed by atoms with van der Waals surface area (Å²) in [6.07, 6.45) is 1.06. The first-order chi connectivity index (χ1) is 13.7. The van der Waals surface area contributed by atoms with E-state index >= 15 is 0 Å². The topological polar surface area (TPSA) is 106 Å². The summed E-state index contributed by atoms with van der Waals surface area (Å²) in [5, 5.41) is 5.51. The maximum absolute atomic E-state index is 12.2. The molecule has 10 heteroatoms. The number of sulfonamides is 1. The molecular weight excluding hydrogens is 462 g/mol. The van der Waals surface area contributed by atoms with Gasteiger partial charge in [-0.05, 0) is 38.1 Å². The summed E-state index contributed by atoms with van der Waals surface area (Å²) in [6.45, 7) is 4.50. The average molecular weight is 486 g/mol. The summed E-state index contributed by atoms with van der Waals surface area (Å²) in [5.74, 6) is 0.801. The van der Waals surface area contributed by atoms with E-state index < -0.39 is 10.0 Å². The highest BCUT2D eigenvalue weighted by atomic mass is 79.9. The molecule has 29 heavy (non-hydrogen) atoms. The predicted octanol–water partition coefficient (Wildman–Crippen LogP) is 3.94. The second kappa shape index (κ2) is 10.4. The monoisotopic (exact) mass is 485 g/mol. The fourth-order valence-corrected chi connectivity index (χ4v) is 3.46. The third-order valence-electron chi connectivity index (χ3n) is 3.58. The molecular formula is C19H24BrN3O5S. The van der Waals surface area contributed by atoms with Crippen LogP contribution in [0.25, 0.3) is 0 Å². The normalized spacial score (nSPS) is 10.9. The van der Waals surface area contributed by atoms with Gasteiger partial charge >= 0.3 is 6.03 Å². The Morgan fingerprint density at radius 3 is 2.38 bits per heavy atom. The number of halogens is 1. The van der Waals surface area contributed by atoms with Gasteiger partial charge in [-0.3, -0.25) is 4.72 Å². The Balaban J connectivity index is 2.21. The van der Waals surface area contributed by atoms with E-state index in [4.69, 9.17) is 9.47 Å². The zero-order chi connectivity index (χ0) is 21.4. The van der Waals surface area contributed by atoms with Crippen molar-refractivity contribution < 1.29 is 22.7 Å². The van der Waals surface area contributed by atoms with Crippen molar-refractivity contribution in [2.75, 3.05) is 29.5 Å². The minimum Gasteiger partial charge on any atom is -0.493 e. The first kappa shape index (κ1) is 22.8. The molecule has 0 aliphatic rings. The van der Waals surface area contributed by atoms with Crippen LogP contribution in [0.3, 0.4) is 0 Å². The van der Waals surface area contributed by atoms with Gasteiger partial charge in [-0.2, -0.15) is 0 Å². The van der Waals surface area contributed by atoms with Gasteiger partial charge in [-0.15, -0.1) is 0 Å². The second-order valence-corrected chi connectivity index (χ2v) is 8.68. The van der Waals surface area contributed by atoms with Gasteiger partial charge in [0.2, 0.25) is 10.0 Å². The van der Waals surface area contributed by atoms with Crippen molar-refractivity contribution in [2.45, 2.75) is 20.4 Å². The zero-order valence-electron chi connectivity index (χ0n) is 16.4. The molecule has 2 amide bonds. The van der Waals surface area contributed by atoms with Gasteiger partial charge in [0.15, 0.2) is 0 Å². The SMILES string of the molecule is CCOc1cc(NS(C)(=O)=O)c(OCC)cc1CNC(=O)Nc1cccc(Br)c1. The molecule has 158 valence electrons. The summed E-state index contributed by atoms with van der Waals surface area (Å²) in [7, 11) is -3.50. The highest BCUT2D eigenvalue weighted by Gasteiger charge is 2.15. The van der Waals surface area contributed by atoms with E-state index in [-0.39, 0.29) is 18.3 Å². The first-order valence-electron chi connectivity index (χ1n) is 8.92. The van der Waals surface area contributed by atoms with Crippen LogP contribution < -0.4 is 24.8 Å². The molecule has 3 N–H and O–H groups in total. The number of hydrogen-bond donors (Lipinski definition) is 3. The standard InChI is InChI=1S/C19H24BrN3O5S/c1-4-27-17-11-16(23-29(3,25)26)18(28-5-2)9-13(17)12-21-19(24)22-15-8-6-7-14(20)10-15/h6-11,23H,4-5,12H2,1-3H3,(H2,21,22,24). The van der Waals surface area contributed by atoms with Crippen LogP contribution in [-0.4, -0.2) is 33.9 Å². The van der Waals surface area contributed by atoms with E-state index in [1.54, 1.807) is 31.2 Å². The number of ether oxygens (including phenoxy) is 2. The third-order valence-corrected chi connectivity index (χ3v) is 4.66. The van der Waals surface area contributed by atoms with Gasteiger partial charge < -0.3 is 20.1 Å². The minimum atomic E-state index is -3.50. The second-order valence-electron chi connectivity index (χ2n) is 6.01. The molecule has 0 aliphatic carbocycles. The van der Waals surface area contributed by atoms with Crippen molar-refractivity contribution >= 4 is 43.4 Å². The minimum absolute atomic E-state index is 0.161. The van der Waals surface area contributed by atoms with Gasteiger partial charge in [0.1, 0.15) is 11.5 Å². The van der Waals surface area contributed by atoms with Gasteiger partial charge in [0.25, 0.3) is 0 Å². The lowest BCUT2D eigenvalue weighted by atomic mass is 10.1. The fraction of sp³-hybridized carbons (Fsp3) is 0.316. The van der Waals surface area contributed by atoms with Gasteiger partial charge in [-0.25, -0.2) is 13.2 Å². The fourth-order valence-electron chi connectivity index (χ4n) is 2.50. The Hall–Kier alpha value is -2.46. The molecule has 0 unspecified atom stereocenters.